The quantitative estimate of drug-likeness (QED) is 0.488. The van der Waals surface area contributed by atoms with Crippen LogP contribution in [0.25, 0.3) is 5.69 Å². The summed E-state index contributed by atoms with van der Waals surface area (Å²) in [5.41, 5.74) is 2.84. The van der Waals surface area contributed by atoms with Crippen molar-refractivity contribution < 1.29 is 14.5 Å². The van der Waals surface area contributed by atoms with Crippen molar-refractivity contribution in [2.75, 3.05) is 7.11 Å². The first-order valence-electron chi connectivity index (χ1n) is 5.96. The van der Waals surface area contributed by atoms with Crippen molar-refractivity contribution in [3.8, 4) is 11.4 Å². The maximum Gasteiger partial charge on any atom is 0.273 e. The van der Waals surface area contributed by atoms with Crippen molar-refractivity contribution in [2.24, 2.45) is 0 Å². The highest BCUT2D eigenvalue weighted by Crippen LogP contribution is 2.31. The molecule has 0 aliphatic carbocycles. The average Bonchev–Trinajstić information content (AvgIpc) is 2.72. The second-order valence-electron chi connectivity index (χ2n) is 4.39. The van der Waals surface area contributed by atoms with Crippen LogP contribution in [0.1, 0.15) is 21.7 Å². The minimum atomic E-state index is -0.474. The highest BCUT2D eigenvalue weighted by atomic mass is 16.6. The number of carbonyl (C=O) groups excluding carboxylic acids is 1. The van der Waals surface area contributed by atoms with Crippen LogP contribution in [-0.2, 0) is 0 Å². The van der Waals surface area contributed by atoms with Gasteiger partial charge in [0.2, 0.25) is 0 Å². The molecule has 6 heteroatoms. The first kappa shape index (κ1) is 13.8. The Morgan fingerprint density at radius 2 is 2.00 bits per heavy atom. The SMILES string of the molecule is COc1cc([N+](=O)[O-])ccc1-n1c(C)cc(C=O)c1C. The first-order valence-corrected chi connectivity index (χ1v) is 5.96. The number of rotatable bonds is 4. The second-order valence-corrected chi connectivity index (χ2v) is 4.39. The smallest absolute Gasteiger partial charge is 0.273 e. The summed E-state index contributed by atoms with van der Waals surface area (Å²) < 4.78 is 7.07. The number of non-ortho nitro benzene ring substituents is 1. The fourth-order valence-corrected chi connectivity index (χ4v) is 2.24. The van der Waals surface area contributed by atoms with Crippen molar-refractivity contribution >= 4 is 12.0 Å². The predicted molar refractivity (Wildman–Crippen MR) is 73.8 cm³/mol. The van der Waals surface area contributed by atoms with Crippen LogP contribution in [0.3, 0.4) is 0 Å². The number of nitro benzene ring substituents is 1. The summed E-state index contributed by atoms with van der Waals surface area (Å²) in [6.07, 6.45) is 0.788. The van der Waals surface area contributed by atoms with Gasteiger partial charge in [-0.25, -0.2) is 0 Å². The Morgan fingerprint density at radius 1 is 1.30 bits per heavy atom. The Morgan fingerprint density at radius 3 is 2.50 bits per heavy atom. The Hall–Kier alpha value is -2.63. The molecular weight excluding hydrogens is 260 g/mol. The van der Waals surface area contributed by atoms with Crippen molar-refractivity contribution in [3.05, 3.63) is 51.3 Å². The predicted octanol–water partition coefficient (Wildman–Crippen LogP) is 2.82. The fraction of sp³-hybridized carbons (Fsp3) is 0.214. The lowest BCUT2D eigenvalue weighted by Gasteiger charge is -2.13. The molecule has 0 fully saturated rings. The lowest BCUT2D eigenvalue weighted by molar-refractivity contribution is -0.384. The topological polar surface area (TPSA) is 74.4 Å². The normalized spacial score (nSPS) is 10.3. The van der Waals surface area contributed by atoms with Crippen molar-refractivity contribution in [2.45, 2.75) is 13.8 Å². The van der Waals surface area contributed by atoms with Crippen molar-refractivity contribution in [3.63, 3.8) is 0 Å². The van der Waals surface area contributed by atoms with E-state index in [0.717, 1.165) is 17.7 Å². The Labute approximate surface area is 115 Å². The minimum absolute atomic E-state index is 0.0383. The van der Waals surface area contributed by atoms with E-state index in [1.165, 1.54) is 19.2 Å². The zero-order valence-electron chi connectivity index (χ0n) is 11.4. The zero-order chi connectivity index (χ0) is 14.9. The average molecular weight is 274 g/mol. The van der Waals surface area contributed by atoms with E-state index in [-0.39, 0.29) is 5.69 Å². The van der Waals surface area contributed by atoms with Crippen LogP contribution in [-0.4, -0.2) is 22.9 Å². The van der Waals surface area contributed by atoms with Crippen LogP contribution in [0.15, 0.2) is 24.3 Å². The molecule has 0 bridgehead atoms. The number of aromatic nitrogens is 1. The van der Waals surface area contributed by atoms with Gasteiger partial charge in [-0.2, -0.15) is 0 Å². The number of aryl methyl sites for hydroxylation is 1. The van der Waals surface area contributed by atoms with Crippen LogP contribution in [0.5, 0.6) is 5.75 Å². The van der Waals surface area contributed by atoms with Crippen molar-refractivity contribution in [1.29, 1.82) is 0 Å². The van der Waals surface area contributed by atoms with Gasteiger partial charge in [-0.1, -0.05) is 0 Å². The number of ether oxygens (including phenoxy) is 1. The van der Waals surface area contributed by atoms with E-state index in [9.17, 15) is 14.9 Å². The van der Waals surface area contributed by atoms with Gasteiger partial charge in [0.1, 0.15) is 5.75 Å². The van der Waals surface area contributed by atoms with Crippen LogP contribution in [0, 0.1) is 24.0 Å². The molecule has 0 aliphatic rings. The lowest BCUT2D eigenvalue weighted by Crippen LogP contribution is -2.03. The van der Waals surface area contributed by atoms with E-state index < -0.39 is 4.92 Å². The number of hydrogen-bond acceptors (Lipinski definition) is 4. The molecular formula is C14H14N2O4. The van der Waals surface area contributed by atoms with Gasteiger partial charge in [-0.05, 0) is 26.0 Å². The molecule has 20 heavy (non-hydrogen) atoms. The number of nitro groups is 1. The van der Waals surface area contributed by atoms with Crippen LogP contribution < -0.4 is 4.74 Å². The van der Waals surface area contributed by atoms with E-state index in [4.69, 9.17) is 4.74 Å². The standard InChI is InChI=1S/C14H14N2O4/c1-9-6-11(8-17)10(2)15(9)13-5-4-12(16(18)19)7-14(13)20-3/h4-8H,1-3H3. The molecule has 1 heterocycles. The summed E-state index contributed by atoms with van der Waals surface area (Å²) >= 11 is 0. The molecule has 0 aliphatic heterocycles. The zero-order valence-corrected chi connectivity index (χ0v) is 11.4. The Balaban J connectivity index is 2.67. The Bertz CT molecular complexity index is 689. The summed E-state index contributed by atoms with van der Waals surface area (Å²) in [6.45, 7) is 3.68. The summed E-state index contributed by atoms with van der Waals surface area (Å²) in [7, 11) is 1.46. The molecule has 0 N–H and O–H groups in total. The van der Waals surface area contributed by atoms with Gasteiger partial charge in [0.05, 0.1) is 23.8 Å². The van der Waals surface area contributed by atoms with E-state index in [1.54, 1.807) is 12.1 Å². The van der Waals surface area contributed by atoms with Gasteiger partial charge in [-0.15, -0.1) is 0 Å². The third-order valence-electron chi connectivity index (χ3n) is 3.21. The number of hydrogen-bond donors (Lipinski definition) is 0. The van der Waals surface area contributed by atoms with E-state index in [2.05, 4.69) is 0 Å². The third kappa shape index (κ3) is 2.16. The van der Waals surface area contributed by atoms with Gasteiger partial charge in [0.25, 0.3) is 5.69 Å². The minimum Gasteiger partial charge on any atom is -0.494 e. The number of carbonyl (C=O) groups is 1. The molecule has 1 aromatic carbocycles. The van der Waals surface area contributed by atoms with Gasteiger partial charge >= 0.3 is 0 Å². The molecule has 2 aromatic rings. The molecule has 104 valence electrons. The lowest BCUT2D eigenvalue weighted by atomic mass is 10.2. The molecule has 0 atom stereocenters. The van der Waals surface area contributed by atoms with Crippen LogP contribution in [0.4, 0.5) is 5.69 Å². The molecule has 0 unspecified atom stereocenters. The molecule has 0 amide bonds. The van der Waals surface area contributed by atoms with Gasteiger partial charge < -0.3 is 9.30 Å². The number of nitrogens with zero attached hydrogens (tertiary/aromatic N) is 2. The van der Waals surface area contributed by atoms with Crippen LogP contribution >= 0.6 is 0 Å². The summed E-state index contributed by atoms with van der Waals surface area (Å²) in [4.78, 5) is 21.3. The van der Waals surface area contributed by atoms with E-state index in [1.807, 2.05) is 18.4 Å². The highest BCUT2D eigenvalue weighted by molar-refractivity contribution is 5.78. The van der Waals surface area contributed by atoms with Crippen LogP contribution in [0.2, 0.25) is 0 Å². The van der Waals surface area contributed by atoms with E-state index in [0.29, 0.717) is 17.0 Å². The van der Waals surface area contributed by atoms with Gasteiger partial charge in [0, 0.05) is 23.0 Å². The summed E-state index contributed by atoms with van der Waals surface area (Å²) in [5, 5.41) is 10.8. The Kier molecular flexibility index (Phi) is 3.56. The number of aldehydes is 1. The number of methoxy groups -OCH3 is 1. The largest absolute Gasteiger partial charge is 0.494 e. The monoisotopic (exact) mass is 274 g/mol. The molecule has 2 rings (SSSR count). The third-order valence-corrected chi connectivity index (χ3v) is 3.21. The second kappa shape index (κ2) is 5.16. The van der Waals surface area contributed by atoms with Gasteiger partial charge in [-0.3, -0.25) is 14.9 Å². The molecule has 0 saturated heterocycles. The molecule has 0 spiro atoms. The first-order chi connectivity index (χ1) is 9.49. The fourth-order valence-electron chi connectivity index (χ4n) is 2.24. The van der Waals surface area contributed by atoms with Crippen molar-refractivity contribution in [1.82, 2.24) is 4.57 Å². The van der Waals surface area contributed by atoms with Gasteiger partial charge in [0.15, 0.2) is 6.29 Å². The molecule has 6 nitrogen and oxygen atoms in total. The summed E-state index contributed by atoms with van der Waals surface area (Å²) in [6, 6.07) is 6.17. The van der Waals surface area contributed by atoms with E-state index >= 15 is 0 Å². The maximum atomic E-state index is 11.0. The maximum absolute atomic E-state index is 11.0. The number of benzene rings is 1. The molecule has 0 saturated carbocycles. The molecule has 1 aromatic heterocycles. The highest BCUT2D eigenvalue weighted by Gasteiger charge is 2.16. The summed E-state index contributed by atoms with van der Waals surface area (Å²) in [5.74, 6) is 0.387. The molecule has 0 radical (unpaired) electrons.